The quantitative estimate of drug-likeness (QED) is 0.349. The minimum absolute atomic E-state index is 0.231. The van der Waals surface area contributed by atoms with Crippen LogP contribution in [-0.4, -0.2) is 31.0 Å². The Morgan fingerprint density at radius 1 is 0.957 bits per heavy atom. The van der Waals surface area contributed by atoms with Crippen LogP contribution in [0.3, 0.4) is 0 Å². The summed E-state index contributed by atoms with van der Waals surface area (Å²) in [6.07, 6.45) is 0. The molecular weight excluding hydrogens is 352 g/mol. The van der Waals surface area contributed by atoms with E-state index in [4.69, 9.17) is 21.7 Å². The van der Waals surface area contributed by atoms with Crippen molar-refractivity contribution in [1.82, 2.24) is 0 Å². The van der Waals surface area contributed by atoms with Crippen LogP contribution in [0.25, 0.3) is 0 Å². The predicted octanol–water partition coefficient (Wildman–Crippen LogP) is 3.67. The number of ether oxygens (including phenoxy) is 2. The van der Waals surface area contributed by atoms with Gasteiger partial charge in [0.1, 0.15) is 9.81 Å². The van der Waals surface area contributed by atoms with Gasteiger partial charge in [-0.3, -0.25) is 0 Å². The van der Waals surface area contributed by atoms with Crippen molar-refractivity contribution < 1.29 is 19.1 Å². The first-order chi connectivity index (χ1) is 11.0. The molecular formula is C16H14O4S3. The Bertz CT molecular complexity index is 690. The zero-order valence-corrected chi connectivity index (χ0v) is 15.2. The fourth-order valence-electron chi connectivity index (χ4n) is 1.80. The van der Waals surface area contributed by atoms with Crippen molar-refractivity contribution in [3.8, 4) is 0 Å². The van der Waals surface area contributed by atoms with Crippen molar-refractivity contribution in [3.63, 3.8) is 0 Å². The van der Waals surface area contributed by atoms with Crippen molar-refractivity contribution >= 4 is 52.5 Å². The summed E-state index contributed by atoms with van der Waals surface area (Å²) >= 11 is 7.88. The Hall–Kier alpha value is -1.57. The van der Waals surface area contributed by atoms with Crippen LogP contribution in [0.15, 0.2) is 50.0 Å². The predicted molar refractivity (Wildman–Crippen MR) is 97.1 cm³/mol. The lowest BCUT2D eigenvalue weighted by Crippen LogP contribution is -2.08. The average molecular weight is 366 g/mol. The zero-order valence-electron chi connectivity index (χ0n) is 12.7. The molecule has 120 valence electrons. The highest BCUT2D eigenvalue weighted by Gasteiger charge is 2.33. The van der Waals surface area contributed by atoms with Gasteiger partial charge in [0.15, 0.2) is 0 Å². The molecule has 2 rings (SSSR count). The third kappa shape index (κ3) is 3.85. The minimum atomic E-state index is -0.559. The zero-order chi connectivity index (χ0) is 17.0. The smallest absolute Gasteiger partial charge is 0.346 e. The standard InChI is InChI=1S/C16H14O4S3/c1-9(11(21)10-7-5-4-6-8-10)16-22-12(14(17)19-2)13(23-16)15(18)20-3/h4-8H,1-3H3. The lowest BCUT2D eigenvalue weighted by atomic mass is 10.1. The van der Waals surface area contributed by atoms with Crippen molar-refractivity contribution in [1.29, 1.82) is 0 Å². The van der Waals surface area contributed by atoms with Gasteiger partial charge >= 0.3 is 11.9 Å². The second-order valence-electron chi connectivity index (χ2n) is 4.45. The third-order valence-corrected chi connectivity index (χ3v) is 6.32. The van der Waals surface area contributed by atoms with Crippen LogP contribution in [-0.2, 0) is 19.1 Å². The van der Waals surface area contributed by atoms with Gasteiger partial charge < -0.3 is 9.47 Å². The highest BCUT2D eigenvalue weighted by atomic mass is 32.2. The van der Waals surface area contributed by atoms with Gasteiger partial charge in [-0.1, -0.05) is 66.1 Å². The van der Waals surface area contributed by atoms with E-state index in [1.807, 2.05) is 37.3 Å². The number of thioether (sulfide) groups is 2. The maximum atomic E-state index is 11.9. The van der Waals surface area contributed by atoms with E-state index in [2.05, 4.69) is 0 Å². The number of thiocarbonyl (C=S) groups is 1. The number of methoxy groups -OCH3 is 2. The molecule has 0 spiro atoms. The lowest BCUT2D eigenvalue weighted by Gasteiger charge is -2.07. The molecule has 0 amide bonds. The van der Waals surface area contributed by atoms with E-state index in [1.165, 1.54) is 37.7 Å². The molecule has 0 bridgehead atoms. The van der Waals surface area contributed by atoms with Gasteiger partial charge in [-0.2, -0.15) is 0 Å². The highest BCUT2D eigenvalue weighted by molar-refractivity contribution is 8.29. The summed E-state index contributed by atoms with van der Waals surface area (Å²) in [6, 6.07) is 9.58. The molecule has 1 aromatic rings. The number of benzene rings is 1. The van der Waals surface area contributed by atoms with Gasteiger partial charge in [0, 0.05) is 4.86 Å². The number of hydrogen-bond donors (Lipinski definition) is 0. The number of allylic oxidation sites excluding steroid dienone is 1. The first kappa shape index (κ1) is 17.8. The van der Waals surface area contributed by atoms with Crippen LogP contribution >= 0.6 is 35.7 Å². The van der Waals surface area contributed by atoms with Crippen LogP contribution in [0, 0.1) is 0 Å². The molecule has 0 saturated carbocycles. The topological polar surface area (TPSA) is 52.6 Å². The fourth-order valence-corrected chi connectivity index (χ4v) is 4.66. The molecule has 0 atom stereocenters. The molecule has 1 aromatic carbocycles. The van der Waals surface area contributed by atoms with E-state index in [9.17, 15) is 9.59 Å². The van der Waals surface area contributed by atoms with Gasteiger partial charge in [-0.05, 0) is 18.1 Å². The molecule has 0 aliphatic carbocycles. The summed E-state index contributed by atoms with van der Waals surface area (Å²) < 4.78 is 10.3. The Kier molecular flexibility index (Phi) is 6.04. The molecule has 4 nitrogen and oxygen atoms in total. The van der Waals surface area contributed by atoms with Gasteiger partial charge in [0.05, 0.1) is 18.5 Å². The summed E-state index contributed by atoms with van der Waals surface area (Å²) in [6.45, 7) is 1.87. The normalized spacial score (nSPS) is 13.8. The monoisotopic (exact) mass is 366 g/mol. The van der Waals surface area contributed by atoms with Crippen LogP contribution < -0.4 is 0 Å². The van der Waals surface area contributed by atoms with Crippen molar-refractivity contribution in [3.05, 3.63) is 55.5 Å². The van der Waals surface area contributed by atoms with E-state index in [1.54, 1.807) is 0 Å². The molecule has 0 unspecified atom stereocenters. The SMILES string of the molecule is COC(=O)C1=C(C(=O)OC)SC(=C(C)C(=S)c2ccccc2)S1. The molecule has 0 radical (unpaired) electrons. The van der Waals surface area contributed by atoms with Gasteiger partial charge in [-0.15, -0.1) is 0 Å². The first-order valence-corrected chi connectivity index (χ1v) is 8.61. The number of hydrogen-bond acceptors (Lipinski definition) is 7. The molecule has 0 saturated heterocycles. The molecule has 0 fully saturated rings. The Balaban J connectivity index is 2.35. The van der Waals surface area contributed by atoms with Crippen LogP contribution in [0.2, 0.25) is 0 Å². The number of rotatable bonds is 4. The van der Waals surface area contributed by atoms with Gasteiger partial charge in [0.2, 0.25) is 0 Å². The molecule has 7 heteroatoms. The van der Waals surface area contributed by atoms with E-state index in [0.29, 0.717) is 4.86 Å². The van der Waals surface area contributed by atoms with Crippen LogP contribution in [0.1, 0.15) is 12.5 Å². The first-order valence-electron chi connectivity index (χ1n) is 6.56. The number of carbonyl (C=O) groups is 2. The Morgan fingerprint density at radius 2 is 1.43 bits per heavy atom. The van der Waals surface area contributed by atoms with Crippen LogP contribution in [0.4, 0.5) is 0 Å². The molecule has 23 heavy (non-hydrogen) atoms. The van der Waals surface area contributed by atoms with E-state index < -0.39 is 11.9 Å². The summed E-state index contributed by atoms with van der Waals surface area (Å²) in [5, 5.41) is 0. The number of esters is 2. The summed E-state index contributed by atoms with van der Waals surface area (Å²) in [5.41, 5.74) is 1.75. The summed E-state index contributed by atoms with van der Waals surface area (Å²) in [4.78, 5) is 24.9. The Labute approximate surface area is 148 Å². The number of carbonyl (C=O) groups excluding carboxylic acids is 2. The minimum Gasteiger partial charge on any atom is -0.465 e. The van der Waals surface area contributed by atoms with Gasteiger partial charge in [-0.25, -0.2) is 9.59 Å². The maximum absolute atomic E-state index is 11.9. The van der Waals surface area contributed by atoms with E-state index >= 15 is 0 Å². The summed E-state index contributed by atoms with van der Waals surface area (Å²) in [5.74, 6) is -1.12. The van der Waals surface area contributed by atoms with Crippen molar-refractivity contribution in [2.75, 3.05) is 14.2 Å². The highest BCUT2D eigenvalue weighted by Crippen LogP contribution is 2.51. The third-order valence-electron chi connectivity index (χ3n) is 3.02. The molecule has 1 aliphatic rings. The lowest BCUT2D eigenvalue weighted by molar-refractivity contribution is -0.138. The molecule has 0 aromatic heterocycles. The van der Waals surface area contributed by atoms with E-state index in [-0.39, 0.29) is 9.81 Å². The molecule has 1 aliphatic heterocycles. The fraction of sp³-hybridized carbons (Fsp3) is 0.188. The van der Waals surface area contributed by atoms with E-state index in [0.717, 1.165) is 15.4 Å². The molecule has 0 N–H and O–H groups in total. The largest absolute Gasteiger partial charge is 0.465 e. The second-order valence-corrected chi connectivity index (χ2v) is 7.16. The van der Waals surface area contributed by atoms with Crippen LogP contribution in [0.5, 0.6) is 0 Å². The summed E-state index contributed by atoms with van der Waals surface area (Å²) in [7, 11) is 2.55. The average Bonchev–Trinajstić information content (AvgIpc) is 3.05. The van der Waals surface area contributed by atoms with Crippen molar-refractivity contribution in [2.24, 2.45) is 0 Å². The Morgan fingerprint density at radius 3 is 1.87 bits per heavy atom. The van der Waals surface area contributed by atoms with Crippen molar-refractivity contribution in [2.45, 2.75) is 6.92 Å². The second kappa shape index (κ2) is 7.81. The van der Waals surface area contributed by atoms with Gasteiger partial charge in [0.25, 0.3) is 0 Å². The maximum Gasteiger partial charge on any atom is 0.346 e. The molecule has 1 heterocycles.